The minimum atomic E-state index is -0.120. The second-order valence-corrected chi connectivity index (χ2v) is 5.36. The standard InChI is InChI=1S/C14H17N5O2S/c1-21-10-4-2-9(3-5-10)7-17-13(20)8-22-14-18-11(15)6-12(16)19-14/h2-6H,7-8H2,1H3,(H,17,20)(H4,15,16,18,19). The molecule has 0 unspecified atom stereocenters. The van der Waals surface area contributed by atoms with Gasteiger partial charge in [0.2, 0.25) is 5.91 Å². The molecule has 8 heteroatoms. The number of hydrogen-bond acceptors (Lipinski definition) is 7. The number of nitrogens with zero attached hydrogens (tertiary/aromatic N) is 2. The number of benzene rings is 1. The Labute approximate surface area is 132 Å². The van der Waals surface area contributed by atoms with E-state index in [0.29, 0.717) is 11.7 Å². The van der Waals surface area contributed by atoms with E-state index in [1.807, 2.05) is 24.3 Å². The monoisotopic (exact) mass is 319 g/mol. The number of aromatic nitrogens is 2. The van der Waals surface area contributed by atoms with Crippen LogP contribution < -0.4 is 21.5 Å². The molecule has 0 saturated heterocycles. The zero-order valence-corrected chi connectivity index (χ0v) is 12.9. The van der Waals surface area contributed by atoms with Crippen molar-refractivity contribution in [1.29, 1.82) is 0 Å². The van der Waals surface area contributed by atoms with Gasteiger partial charge in [-0.25, -0.2) is 9.97 Å². The van der Waals surface area contributed by atoms with Crippen molar-refractivity contribution in [1.82, 2.24) is 15.3 Å². The summed E-state index contributed by atoms with van der Waals surface area (Å²) in [5.41, 5.74) is 12.1. The molecule has 1 aromatic carbocycles. The van der Waals surface area contributed by atoms with Gasteiger partial charge in [-0.15, -0.1) is 0 Å². The Balaban J connectivity index is 1.80. The first-order chi connectivity index (χ1) is 10.6. The molecule has 22 heavy (non-hydrogen) atoms. The molecule has 0 aliphatic rings. The summed E-state index contributed by atoms with van der Waals surface area (Å²) in [5.74, 6) is 1.42. The molecule has 1 amide bonds. The lowest BCUT2D eigenvalue weighted by Gasteiger charge is -2.06. The maximum atomic E-state index is 11.8. The average Bonchev–Trinajstić information content (AvgIpc) is 2.50. The van der Waals surface area contributed by atoms with Gasteiger partial charge in [0.15, 0.2) is 5.16 Å². The summed E-state index contributed by atoms with van der Waals surface area (Å²) in [7, 11) is 1.61. The number of nitrogens with one attached hydrogen (secondary N) is 1. The predicted octanol–water partition coefficient (Wildman–Crippen LogP) is 1.06. The fraction of sp³-hybridized carbons (Fsp3) is 0.214. The van der Waals surface area contributed by atoms with E-state index in [2.05, 4.69) is 15.3 Å². The minimum Gasteiger partial charge on any atom is -0.497 e. The van der Waals surface area contributed by atoms with Gasteiger partial charge in [0, 0.05) is 12.6 Å². The summed E-state index contributed by atoms with van der Waals surface area (Å²) in [6.45, 7) is 0.448. The zero-order chi connectivity index (χ0) is 15.9. The van der Waals surface area contributed by atoms with Crippen LogP contribution in [0.15, 0.2) is 35.5 Å². The van der Waals surface area contributed by atoms with Crippen LogP contribution in [0.4, 0.5) is 11.6 Å². The number of methoxy groups -OCH3 is 1. The molecule has 5 N–H and O–H groups in total. The van der Waals surface area contributed by atoms with E-state index in [0.717, 1.165) is 11.3 Å². The van der Waals surface area contributed by atoms with E-state index in [1.54, 1.807) is 7.11 Å². The van der Waals surface area contributed by atoms with Gasteiger partial charge in [0.1, 0.15) is 17.4 Å². The first-order valence-electron chi connectivity index (χ1n) is 6.49. The lowest BCUT2D eigenvalue weighted by molar-refractivity contribution is -0.118. The van der Waals surface area contributed by atoms with E-state index in [4.69, 9.17) is 16.2 Å². The summed E-state index contributed by atoms with van der Waals surface area (Å²) < 4.78 is 5.08. The number of carbonyl (C=O) groups excluding carboxylic acids is 1. The van der Waals surface area contributed by atoms with Crippen LogP contribution in [0.3, 0.4) is 0 Å². The SMILES string of the molecule is COc1ccc(CNC(=O)CSc2nc(N)cc(N)n2)cc1. The molecule has 0 fully saturated rings. The molecule has 0 aliphatic heterocycles. The molecule has 0 radical (unpaired) electrons. The fourth-order valence-corrected chi connectivity index (χ4v) is 2.35. The van der Waals surface area contributed by atoms with E-state index >= 15 is 0 Å². The highest BCUT2D eigenvalue weighted by Gasteiger charge is 2.06. The number of nitrogen functional groups attached to an aromatic ring is 2. The van der Waals surface area contributed by atoms with Crippen LogP contribution >= 0.6 is 11.8 Å². The highest BCUT2D eigenvalue weighted by atomic mass is 32.2. The minimum absolute atomic E-state index is 0.120. The summed E-state index contributed by atoms with van der Waals surface area (Å²) >= 11 is 1.18. The second-order valence-electron chi connectivity index (χ2n) is 4.41. The Morgan fingerprint density at radius 2 is 1.86 bits per heavy atom. The summed E-state index contributed by atoms with van der Waals surface area (Å²) in [4.78, 5) is 19.8. The van der Waals surface area contributed by atoms with Crippen molar-refractivity contribution < 1.29 is 9.53 Å². The lowest BCUT2D eigenvalue weighted by atomic mass is 10.2. The predicted molar refractivity (Wildman–Crippen MR) is 86.4 cm³/mol. The molecule has 7 nitrogen and oxygen atoms in total. The van der Waals surface area contributed by atoms with Crippen LogP contribution in [0.1, 0.15) is 5.56 Å². The molecule has 0 aliphatic carbocycles. The Kier molecular flexibility index (Phi) is 5.42. The molecule has 1 heterocycles. The van der Waals surface area contributed by atoms with Crippen LogP contribution in [0.25, 0.3) is 0 Å². The van der Waals surface area contributed by atoms with E-state index in [-0.39, 0.29) is 23.3 Å². The Bertz CT molecular complexity index is 628. The van der Waals surface area contributed by atoms with Gasteiger partial charge in [-0.2, -0.15) is 0 Å². The number of carbonyl (C=O) groups is 1. The van der Waals surface area contributed by atoms with Crippen molar-refractivity contribution in [2.75, 3.05) is 24.3 Å². The number of amides is 1. The highest BCUT2D eigenvalue weighted by molar-refractivity contribution is 7.99. The average molecular weight is 319 g/mol. The number of rotatable bonds is 6. The number of hydrogen-bond donors (Lipinski definition) is 3. The van der Waals surface area contributed by atoms with Gasteiger partial charge in [0.05, 0.1) is 12.9 Å². The van der Waals surface area contributed by atoms with Gasteiger partial charge >= 0.3 is 0 Å². The van der Waals surface area contributed by atoms with Gasteiger partial charge in [-0.3, -0.25) is 4.79 Å². The number of nitrogens with two attached hydrogens (primary N) is 2. The van der Waals surface area contributed by atoms with Crippen LogP contribution in [0, 0.1) is 0 Å². The van der Waals surface area contributed by atoms with Crippen molar-refractivity contribution in [2.45, 2.75) is 11.7 Å². The smallest absolute Gasteiger partial charge is 0.230 e. The summed E-state index contributed by atoms with van der Waals surface area (Å²) in [6.07, 6.45) is 0. The molecule has 2 rings (SSSR count). The normalized spacial score (nSPS) is 10.2. The van der Waals surface area contributed by atoms with E-state index in [1.165, 1.54) is 17.8 Å². The van der Waals surface area contributed by atoms with Crippen LogP contribution in [-0.4, -0.2) is 28.7 Å². The van der Waals surface area contributed by atoms with Crippen molar-refractivity contribution in [2.24, 2.45) is 0 Å². The van der Waals surface area contributed by atoms with E-state index in [9.17, 15) is 4.79 Å². The molecule has 0 saturated carbocycles. The molecular formula is C14H17N5O2S. The molecule has 0 spiro atoms. The zero-order valence-electron chi connectivity index (χ0n) is 12.1. The fourth-order valence-electron chi connectivity index (χ4n) is 1.65. The third-order valence-corrected chi connectivity index (χ3v) is 3.57. The molecule has 116 valence electrons. The van der Waals surface area contributed by atoms with Crippen molar-refractivity contribution in [3.63, 3.8) is 0 Å². The first kappa shape index (κ1) is 15.9. The molecule has 0 bridgehead atoms. The number of anilines is 2. The third kappa shape index (κ3) is 4.81. The summed E-state index contributed by atoms with van der Waals surface area (Å²) in [6, 6.07) is 8.95. The first-order valence-corrected chi connectivity index (χ1v) is 7.48. The van der Waals surface area contributed by atoms with Crippen molar-refractivity contribution in [3.8, 4) is 5.75 Å². The quantitative estimate of drug-likeness (QED) is 0.538. The largest absolute Gasteiger partial charge is 0.497 e. The Hall–Kier alpha value is -2.48. The third-order valence-electron chi connectivity index (χ3n) is 2.73. The van der Waals surface area contributed by atoms with E-state index < -0.39 is 0 Å². The van der Waals surface area contributed by atoms with Crippen molar-refractivity contribution in [3.05, 3.63) is 35.9 Å². The van der Waals surface area contributed by atoms with Crippen LogP contribution in [0.2, 0.25) is 0 Å². The topological polar surface area (TPSA) is 116 Å². The molecule has 2 aromatic rings. The molecular weight excluding hydrogens is 302 g/mol. The van der Waals surface area contributed by atoms with Crippen molar-refractivity contribution >= 4 is 29.3 Å². The Morgan fingerprint density at radius 3 is 2.45 bits per heavy atom. The lowest BCUT2D eigenvalue weighted by Crippen LogP contribution is -2.24. The highest BCUT2D eigenvalue weighted by Crippen LogP contribution is 2.16. The molecule has 1 aromatic heterocycles. The van der Waals surface area contributed by atoms with Crippen LogP contribution in [0.5, 0.6) is 5.75 Å². The summed E-state index contributed by atoms with van der Waals surface area (Å²) in [5, 5.41) is 3.20. The number of ether oxygens (including phenoxy) is 1. The maximum Gasteiger partial charge on any atom is 0.230 e. The van der Waals surface area contributed by atoms with Gasteiger partial charge in [0.25, 0.3) is 0 Å². The maximum absolute atomic E-state index is 11.8. The number of thioether (sulfide) groups is 1. The molecule has 0 atom stereocenters. The Morgan fingerprint density at radius 1 is 1.23 bits per heavy atom. The van der Waals surface area contributed by atoms with Gasteiger partial charge < -0.3 is 21.5 Å². The van der Waals surface area contributed by atoms with Gasteiger partial charge in [-0.05, 0) is 17.7 Å². The second kappa shape index (κ2) is 7.51. The van der Waals surface area contributed by atoms with Crippen LogP contribution in [-0.2, 0) is 11.3 Å². The van der Waals surface area contributed by atoms with Gasteiger partial charge in [-0.1, -0.05) is 23.9 Å².